The summed E-state index contributed by atoms with van der Waals surface area (Å²) in [5.41, 5.74) is 1.96. The van der Waals surface area contributed by atoms with Gasteiger partial charge in [0.2, 0.25) is 0 Å². The number of hydrogen-bond acceptors (Lipinski definition) is 4. The van der Waals surface area contributed by atoms with Gasteiger partial charge in [0.05, 0.1) is 10.7 Å². The predicted octanol–water partition coefficient (Wildman–Crippen LogP) is 4.69. The Bertz CT molecular complexity index is 900. The van der Waals surface area contributed by atoms with Crippen LogP contribution in [0.1, 0.15) is 16.1 Å². The quantitative estimate of drug-likeness (QED) is 0.644. The number of nitrogens with one attached hydrogen (secondary N) is 2. The Balaban J connectivity index is 1.59. The van der Waals surface area contributed by atoms with Gasteiger partial charge in [-0.05, 0) is 36.2 Å². The number of hydrogen-bond donors (Lipinski definition) is 2. The van der Waals surface area contributed by atoms with Gasteiger partial charge in [0.25, 0.3) is 5.91 Å². The van der Waals surface area contributed by atoms with Gasteiger partial charge >= 0.3 is 0 Å². The number of aromatic nitrogens is 2. The summed E-state index contributed by atoms with van der Waals surface area (Å²) < 4.78 is 0. The molecule has 1 heterocycles. The van der Waals surface area contributed by atoms with E-state index in [0.717, 1.165) is 12.0 Å². The second kappa shape index (κ2) is 8.65. The number of carbonyl (C=O) groups excluding carboxylic acids is 1. The van der Waals surface area contributed by atoms with E-state index in [1.54, 1.807) is 30.3 Å². The molecule has 2 aromatic carbocycles. The Hall–Kier alpha value is -2.63. The van der Waals surface area contributed by atoms with Crippen LogP contribution in [0.25, 0.3) is 0 Å². The van der Waals surface area contributed by atoms with Crippen LogP contribution in [0.4, 0.5) is 11.5 Å². The molecule has 0 aliphatic rings. The molecule has 0 radical (unpaired) electrons. The lowest BCUT2D eigenvalue weighted by Gasteiger charge is -2.09. The zero-order chi connectivity index (χ0) is 18.4. The van der Waals surface area contributed by atoms with E-state index in [2.05, 4.69) is 20.6 Å². The Kier molecular flexibility index (Phi) is 6.04. The second-order valence-corrected chi connectivity index (χ2v) is 6.37. The monoisotopic (exact) mass is 386 g/mol. The van der Waals surface area contributed by atoms with E-state index in [1.807, 2.05) is 24.3 Å². The molecule has 0 saturated heterocycles. The van der Waals surface area contributed by atoms with E-state index in [0.29, 0.717) is 28.1 Å². The van der Waals surface area contributed by atoms with Crippen molar-refractivity contribution < 1.29 is 4.79 Å². The fraction of sp³-hybridized carbons (Fsp3) is 0.105. The van der Waals surface area contributed by atoms with E-state index >= 15 is 0 Å². The smallest absolute Gasteiger partial charge is 0.274 e. The highest BCUT2D eigenvalue weighted by atomic mass is 35.5. The summed E-state index contributed by atoms with van der Waals surface area (Å²) in [6, 6.07) is 16.3. The average Bonchev–Trinajstić information content (AvgIpc) is 2.65. The van der Waals surface area contributed by atoms with E-state index in [9.17, 15) is 4.79 Å². The third-order valence-corrected chi connectivity index (χ3v) is 4.24. The predicted molar refractivity (Wildman–Crippen MR) is 105 cm³/mol. The van der Waals surface area contributed by atoms with Crippen LogP contribution in [0.5, 0.6) is 0 Å². The zero-order valence-corrected chi connectivity index (χ0v) is 15.3. The van der Waals surface area contributed by atoms with E-state index < -0.39 is 0 Å². The largest absolute Gasteiger partial charge is 0.370 e. The maximum absolute atomic E-state index is 12.3. The fourth-order valence-corrected chi connectivity index (χ4v) is 2.62. The minimum Gasteiger partial charge on any atom is -0.370 e. The van der Waals surface area contributed by atoms with Crippen LogP contribution in [0, 0.1) is 0 Å². The summed E-state index contributed by atoms with van der Waals surface area (Å²) in [4.78, 5) is 20.5. The number of para-hydroxylation sites is 1. The number of amides is 1. The van der Waals surface area contributed by atoms with E-state index in [-0.39, 0.29) is 11.6 Å². The topological polar surface area (TPSA) is 66.9 Å². The molecule has 1 amide bonds. The molecule has 0 aliphatic heterocycles. The average molecular weight is 387 g/mol. The first-order valence-electron chi connectivity index (χ1n) is 7.98. The molecular weight excluding hydrogens is 371 g/mol. The van der Waals surface area contributed by atoms with Gasteiger partial charge in [0.15, 0.2) is 0 Å². The lowest BCUT2D eigenvalue weighted by molar-refractivity contribution is 0.102. The van der Waals surface area contributed by atoms with Crippen molar-refractivity contribution in [2.75, 3.05) is 17.2 Å². The van der Waals surface area contributed by atoms with Gasteiger partial charge in [-0.2, -0.15) is 0 Å². The zero-order valence-electron chi connectivity index (χ0n) is 13.7. The minimum absolute atomic E-state index is 0.258. The summed E-state index contributed by atoms with van der Waals surface area (Å²) in [7, 11) is 0. The molecule has 3 rings (SSSR count). The van der Waals surface area contributed by atoms with Crippen molar-refractivity contribution >= 4 is 40.6 Å². The summed E-state index contributed by atoms with van der Waals surface area (Å²) in [5, 5.41) is 7.11. The summed E-state index contributed by atoms with van der Waals surface area (Å²) >= 11 is 11.9. The third kappa shape index (κ3) is 4.94. The van der Waals surface area contributed by atoms with Crippen LogP contribution >= 0.6 is 23.2 Å². The van der Waals surface area contributed by atoms with Crippen molar-refractivity contribution in [2.24, 2.45) is 0 Å². The van der Waals surface area contributed by atoms with Crippen LogP contribution in [0.15, 0.2) is 60.9 Å². The van der Waals surface area contributed by atoms with Crippen LogP contribution in [0.2, 0.25) is 10.0 Å². The minimum atomic E-state index is -0.346. The van der Waals surface area contributed by atoms with Crippen molar-refractivity contribution in [1.82, 2.24) is 9.97 Å². The van der Waals surface area contributed by atoms with Crippen molar-refractivity contribution in [1.29, 1.82) is 0 Å². The number of nitrogens with zero attached hydrogens (tertiary/aromatic N) is 2. The standard InChI is InChI=1S/C19H16Cl2N4O/c20-14-7-5-13(6-8-14)9-10-22-18-11-17(23-12-24-18)19(26)25-16-4-2-1-3-15(16)21/h1-8,11-12H,9-10H2,(H,25,26)(H,22,23,24). The summed E-state index contributed by atoms with van der Waals surface area (Å²) in [6.07, 6.45) is 2.16. The van der Waals surface area contributed by atoms with Crippen LogP contribution in [0.3, 0.4) is 0 Å². The molecule has 1 aromatic heterocycles. The van der Waals surface area contributed by atoms with Gasteiger partial charge in [-0.15, -0.1) is 0 Å². The SMILES string of the molecule is O=C(Nc1ccccc1Cl)c1cc(NCCc2ccc(Cl)cc2)ncn1. The molecule has 0 aliphatic carbocycles. The first kappa shape index (κ1) is 18.2. The van der Waals surface area contributed by atoms with Crippen molar-refractivity contribution in [2.45, 2.75) is 6.42 Å². The van der Waals surface area contributed by atoms with E-state index in [1.165, 1.54) is 6.33 Å². The highest BCUT2D eigenvalue weighted by Gasteiger charge is 2.10. The van der Waals surface area contributed by atoms with Gasteiger partial charge in [-0.1, -0.05) is 47.5 Å². The Labute approximate surface area is 161 Å². The molecular formula is C19H16Cl2N4O. The summed E-state index contributed by atoms with van der Waals surface area (Å²) in [5.74, 6) is 0.236. The Morgan fingerprint density at radius 2 is 1.77 bits per heavy atom. The maximum Gasteiger partial charge on any atom is 0.274 e. The molecule has 3 aromatic rings. The highest BCUT2D eigenvalue weighted by molar-refractivity contribution is 6.33. The molecule has 5 nitrogen and oxygen atoms in total. The van der Waals surface area contributed by atoms with Gasteiger partial charge < -0.3 is 10.6 Å². The van der Waals surface area contributed by atoms with Gasteiger partial charge in [0.1, 0.15) is 17.8 Å². The lowest BCUT2D eigenvalue weighted by atomic mass is 10.1. The fourth-order valence-electron chi connectivity index (χ4n) is 2.31. The van der Waals surface area contributed by atoms with E-state index in [4.69, 9.17) is 23.2 Å². The number of carbonyl (C=O) groups is 1. The lowest BCUT2D eigenvalue weighted by Crippen LogP contribution is -2.15. The number of anilines is 2. The number of halogens is 2. The van der Waals surface area contributed by atoms with Crippen molar-refractivity contribution in [3.63, 3.8) is 0 Å². The molecule has 7 heteroatoms. The Morgan fingerprint density at radius 1 is 1.00 bits per heavy atom. The van der Waals surface area contributed by atoms with Gasteiger partial charge in [0, 0.05) is 17.6 Å². The Morgan fingerprint density at radius 3 is 2.54 bits per heavy atom. The van der Waals surface area contributed by atoms with Crippen molar-refractivity contribution in [3.05, 3.63) is 82.2 Å². The molecule has 2 N–H and O–H groups in total. The summed E-state index contributed by atoms with van der Waals surface area (Å²) in [6.45, 7) is 0.671. The normalized spacial score (nSPS) is 10.4. The van der Waals surface area contributed by atoms with Crippen LogP contribution in [-0.2, 0) is 6.42 Å². The molecule has 0 bridgehead atoms. The molecule has 0 saturated carbocycles. The van der Waals surface area contributed by atoms with Crippen LogP contribution in [-0.4, -0.2) is 22.4 Å². The second-order valence-electron chi connectivity index (χ2n) is 5.53. The van der Waals surface area contributed by atoms with Gasteiger partial charge in [-0.25, -0.2) is 9.97 Å². The molecule has 0 atom stereocenters. The highest BCUT2D eigenvalue weighted by Crippen LogP contribution is 2.21. The number of benzene rings is 2. The molecule has 132 valence electrons. The molecule has 0 spiro atoms. The molecule has 26 heavy (non-hydrogen) atoms. The molecule has 0 fully saturated rings. The third-order valence-electron chi connectivity index (χ3n) is 3.65. The molecule has 0 unspecified atom stereocenters. The van der Waals surface area contributed by atoms with Crippen molar-refractivity contribution in [3.8, 4) is 0 Å². The maximum atomic E-state index is 12.3. The first-order chi connectivity index (χ1) is 12.6. The first-order valence-corrected chi connectivity index (χ1v) is 8.73. The number of rotatable bonds is 6. The van der Waals surface area contributed by atoms with Gasteiger partial charge in [-0.3, -0.25) is 4.79 Å². The van der Waals surface area contributed by atoms with Crippen LogP contribution < -0.4 is 10.6 Å².